The van der Waals surface area contributed by atoms with Gasteiger partial charge in [-0.2, -0.15) is 0 Å². The van der Waals surface area contributed by atoms with Gasteiger partial charge < -0.3 is 15.3 Å². The van der Waals surface area contributed by atoms with Crippen molar-refractivity contribution in [1.29, 1.82) is 0 Å². The Morgan fingerprint density at radius 3 is 2.56 bits per heavy atom. The normalized spacial score (nSPS) is 11.7. The monoisotopic (exact) mass is 254 g/mol. The Hall–Kier alpha value is -1.62. The van der Waals surface area contributed by atoms with E-state index in [4.69, 9.17) is 0 Å². The lowest BCUT2D eigenvalue weighted by molar-refractivity contribution is 0.0913. The first-order valence-electron chi connectivity index (χ1n) is 5.69. The van der Waals surface area contributed by atoms with Crippen molar-refractivity contribution < 1.29 is 14.3 Å². The van der Waals surface area contributed by atoms with Crippen LogP contribution in [0.5, 0.6) is 5.75 Å². The summed E-state index contributed by atoms with van der Waals surface area (Å²) >= 11 is 0. The van der Waals surface area contributed by atoms with Gasteiger partial charge in [0, 0.05) is 12.1 Å². The minimum atomic E-state index is -0.727. The molecule has 0 spiro atoms. The molecule has 0 aliphatic carbocycles. The summed E-state index contributed by atoms with van der Waals surface area (Å²) in [5.74, 6) is -1.69. The molecule has 0 aliphatic rings. The quantitative estimate of drug-likeness (QED) is 0.858. The van der Waals surface area contributed by atoms with Crippen LogP contribution in [0.3, 0.4) is 0 Å². The highest BCUT2D eigenvalue weighted by molar-refractivity contribution is 5.97. The van der Waals surface area contributed by atoms with Gasteiger partial charge in [0.1, 0.15) is 17.1 Å². The van der Waals surface area contributed by atoms with Crippen LogP contribution in [-0.2, 0) is 0 Å². The first-order chi connectivity index (χ1) is 8.25. The van der Waals surface area contributed by atoms with Crippen LogP contribution in [0.1, 0.15) is 24.2 Å². The fourth-order valence-electron chi connectivity index (χ4n) is 1.28. The van der Waals surface area contributed by atoms with Crippen LogP contribution in [0.4, 0.5) is 4.39 Å². The molecule has 0 radical (unpaired) electrons. The van der Waals surface area contributed by atoms with Gasteiger partial charge in [-0.3, -0.25) is 4.79 Å². The van der Waals surface area contributed by atoms with E-state index in [0.29, 0.717) is 6.54 Å². The maximum absolute atomic E-state index is 13.4. The van der Waals surface area contributed by atoms with Crippen molar-refractivity contribution in [2.45, 2.75) is 19.4 Å². The number of nitrogens with zero attached hydrogens (tertiary/aromatic N) is 1. The molecule has 0 bridgehead atoms. The third-order valence-corrected chi connectivity index (χ3v) is 3.11. The van der Waals surface area contributed by atoms with Crippen molar-refractivity contribution in [2.75, 3.05) is 20.6 Å². The molecule has 1 aromatic carbocycles. The van der Waals surface area contributed by atoms with Crippen molar-refractivity contribution in [1.82, 2.24) is 10.2 Å². The van der Waals surface area contributed by atoms with E-state index in [0.717, 1.165) is 6.07 Å². The Labute approximate surface area is 106 Å². The van der Waals surface area contributed by atoms with Gasteiger partial charge in [-0.15, -0.1) is 0 Å². The number of amides is 1. The molecule has 1 rings (SSSR count). The average Bonchev–Trinajstić information content (AvgIpc) is 2.26. The number of nitrogens with one attached hydrogen (secondary N) is 1. The second-order valence-corrected chi connectivity index (χ2v) is 5.02. The van der Waals surface area contributed by atoms with Crippen LogP contribution in [0, 0.1) is 5.82 Å². The van der Waals surface area contributed by atoms with Crippen molar-refractivity contribution in [3.63, 3.8) is 0 Å². The summed E-state index contributed by atoms with van der Waals surface area (Å²) < 4.78 is 13.4. The third-order valence-electron chi connectivity index (χ3n) is 3.11. The maximum Gasteiger partial charge on any atom is 0.258 e. The van der Waals surface area contributed by atoms with E-state index in [2.05, 4.69) is 5.32 Å². The van der Waals surface area contributed by atoms with Crippen molar-refractivity contribution in [3.05, 3.63) is 29.6 Å². The Bertz CT molecular complexity index is 424. The summed E-state index contributed by atoms with van der Waals surface area (Å²) in [6.45, 7) is 4.26. The fraction of sp³-hybridized carbons (Fsp3) is 0.462. The lowest BCUT2D eigenvalue weighted by Crippen LogP contribution is -2.48. The number of halogens is 1. The lowest BCUT2D eigenvalue weighted by Gasteiger charge is -2.32. The summed E-state index contributed by atoms with van der Waals surface area (Å²) in [6, 6.07) is 3.78. The zero-order valence-corrected chi connectivity index (χ0v) is 11.1. The van der Waals surface area contributed by atoms with Crippen LogP contribution >= 0.6 is 0 Å². The van der Waals surface area contributed by atoms with Gasteiger partial charge in [-0.05, 0) is 40.1 Å². The van der Waals surface area contributed by atoms with Gasteiger partial charge in [0.05, 0.1) is 0 Å². The predicted molar refractivity (Wildman–Crippen MR) is 68.2 cm³/mol. The summed E-state index contributed by atoms with van der Waals surface area (Å²) in [7, 11) is 3.79. The maximum atomic E-state index is 13.4. The number of rotatable bonds is 4. The Morgan fingerprint density at radius 1 is 1.44 bits per heavy atom. The van der Waals surface area contributed by atoms with Gasteiger partial charge in [0.15, 0.2) is 0 Å². The number of phenols is 1. The second-order valence-electron chi connectivity index (χ2n) is 5.02. The van der Waals surface area contributed by atoms with E-state index in [1.807, 2.05) is 32.8 Å². The molecular weight excluding hydrogens is 235 g/mol. The zero-order valence-electron chi connectivity index (χ0n) is 11.1. The molecule has 0 saturated carbocycles. The van der Waals surface area contributed by atoms with Crippen molar-refractivity contribution >= 4 is 5.91 Å². The minimum absolute atomic E-state index is 0.253. The summed E-state index contributed by atoms with van der Waals surface area (Å²) in [4.78, 5) is 13.8. The topological polar surface area (TPSA) is 52.6 Å². The van der Waals surface area contributed by atoms with Crippen molar-refractivity contribution in [2.24, 2.45) is 0 Å². The molecule has 0 aromatic heterocycles. The minimum Gasteiger partial charge on any atom is -0.507 e. The van der Waals surface area contributed by atoms with Crippen LogP contribution < -0.4 is 5.32 Å². The standard InChI is InChI=1S/C13H19FN2O2/c1-13(2,16(3)4)8-15-12(18)11-9(14)6-5-7-10(11)17/h5-7,17H,8H2,1-4H3,(H,15,18). The Kier molecular flexibility index (Phi) is 4.29. The fourth-order valence-corrected chi connectivity index (χ4v) is 1.28. The number of benzene rings is 1. The van der Waals surface area contributed by atoms with Gasteiger partial charge in [-0.1, -0.05) is 6.07 Å². The molecule has 5 heteroatoms. The summed E-state index contributed by atoms with van der Waals surface area (Å²) in [6.07, 6.45) is 0. The molecule has 2 N–H and O–H groups in total. The van der Waals surface area contributed by atoms with Gasteiger partial charge in [0.25, 0.3) is 5.91 Å². The zero-order chi connectivity index (χ0) is 13.9. The number of aromatic hydroxyl groups is 1. The first-order valence-corrected chi connectivity index (χ1v) is 5.69. The predicted octanol–water partition coefficient (Wildman–Crippen LogP) is 1.60. The highest BCUT2D eigenvalue weighted by atomic mass is 19.1. The van der Waals surface area contributed by atoms with E-state index in [1.165, 1.54) is 12.1 Å². The highest BCUT2D eigenvalue weighted by Crippen LogP contribution is 2.19. The lowest BCUT2D eigenvalue weighted by atomic mass is 10.0. The largest absolute Gasteiger partial charge is 0.507 e. The summed E-state index contributed by atoms with van der Waals surface area (Å²) in [5.41, 5.74) is -0.566. The molecule has 1 aromatic rings. The Morgan fingerprint density at radius 2 is 2.06 bits per heavy atom. The first kappa shape index (κ1) is 14.4. The molecule has 0 fully saturated rings. The number of phenolic OH excluding ortho intramolecular Hbond substituents is 1. The number of carbonyl (C=O) groups excluding carboxylic acids is 1. The molecular formula is C13H19FN2O2. The van der Waals surface area contributed by atoms with Crippen LogP contribution in [0.15, 0.2) is 18.2 Å². The molecule has 0 heterocycles. The van der Waals surface area contributed by atoms with Gasteiger partial charge in [0.2, 0.25) is 0 Å². The summed E-state index contributed by atoms with van der Waals surface area (Å²) in [5, 5.41) is 12.1. The number of likely N-dealkylation sites (N-methyl/N-ethyl adjacent to an activating group) is 1. The number of carbonyl (C=O) groups is 1. The molecule has 4 nitrogen and oxygen atoms in total. The molecule has 1 amide bonds. The molecule has 0 atom stereocenters. The highest BCUT2D eigenvalue weighted by Gasteiger charge is 2.23. The van der Waals surface area contributed by atoms with E-state index >= 15 is 0 Å². The molecule has 0 aliphatic heterocycles. The van der Waals surface area contributed by atoms with Crippen molar-refractivity contribution in [3.8, 4) is 5.75 Å². The van der Waals surface area contributed by atoms with E-state index in [9.17, 15) is 14.3 Å². The molecule has 100 valence electrons. The Balaban J connectivity index is 2.79. The van der Waals surface area contributed by atoms with Crippen LogP contribution in [-0.4, -0.2) is 42.1 Å². The molecule has 0 unspecified atom stereocenters. The number of hydrogen-bond donors (Lipinski definition) is 2. The second kappa shape index (κ2) is 5.35. The number of hydrogen-bond acceptors (Lipinski definition) is 3. The molecule has 18 heavy (non-hydrogen) atoms. The molecule has 0 saturated heterocycles. The van der Waals surface area contributed by atoms with E-state index in [-0.39, 0.29) is 16.9 Å². The average molecular weight is 254 g/mol. The van der Waals surface area contributed by atoms with E-state index < -0.39 is 11.7 Å². The van der Waals surface area contributed by atoms with Crippen LogP contribution in [0.25, 0.3) is 0 Å². The van der Waals surface area contributed by atoms with Crippen LogP contribution in [0.2, 0.25) is 0 Å². The smallest absolute Gasteiger partial charge is 0.258 e. The van der Waals surface area contributed by atoms with Gasteiger partial charge in [-0.25, -0.2) is 4.39 Å². The van der Waals surface area contributed by atoms with Gasteiger partial charge >= 0.3 is 0 Å². The van der Waals surface area contributed by atoms with E-state index in [1.54, 1.807) is 0 Å². The third kappa shape index (κ3) is 3.20. The SMILES string of the molecule is CN(C)C(C)(C)CNC(=O)c1c(O)cccc1F.